The minimum absolute atomic E-state index is 0.0724. The van der Waals surface area contributed by atoms with E-state index in [4.69, 9.17) is 19.5 Å². The molecule has 9 nitrogen and oxygen atoms in total. The molecular formula is C32H45N7O2. The molecule has 3 atom stereocenters. The van der Waals surface area contributed by atoms with Gasteiger partial charge in [-0.15, -0.1) is 0 Å². The second kappa shape index (κ2) is 12.8. The summed E-state index contributed by atoms with van der Waals surface area (Å²) in [6, 6.07) is 0.967. The first-order chi connectivity index (χ1) is 20.1. The molecule has 0 radical (unpaired) electrons. The Kier molecular flexibility index (Phi) is 8.72. The lowest BCUT2D eigenvalue weighted by atomic mass is 9.98. The van der Waals surface area contributed by atoms with Gasteiger partial charge in [-0.05, 0) is 70.4 Å². The molecule has 0 saturated carbocycles. The average Bonchev–Trinajstić information content (AvgIpc) is 3.68. The Morgan fingerprint density at radius 3 is 2.73 bits per heavy atom. The lowest BCUT2D eigenvalue weighted by Crippen LogP contribution is -2.41. The van der Waals surface area contributed by atoms with Gasteiger partial charge < -0.3 is 19.3 Å². The normalized spacial score (nSPS) is 26.9. The predicted octanol–water partition coefficient (Wildman–Crippen LogP) is 3.92. The largest absolute Gasteiger partial charge is 0.501 e. The number of nitrogens with zero attached hydrogens (tertiary/aromatic N) is 7. The zero-order valence-corrected chi connectivity index (χ0v) is 24.9. The van der Waals surface area contributed by atoms with Crippen molar-refractivity contribution >= 4 is 11.9 Å². The van der Waals surface area contributed by atoms with E-state index >= 15 is 0 Å². The molecule has 9 heteroatoms. The number of aryl methyl sites for hydroxylation is 1. The Morgan fingerprint density at radius 1 is 1.07 bits per heavy atom. The van der Waals surface area contributed by atoms with E-state index in [1.165, 1.54) is 57.6 Å². The summed E-state index contributed by atoms with van der Waals surface area (Å²) in [7, 11) is 5.41. The summed E-state index contributed by atoms with van der Waals surface area (Å²) in [6.07, 6.45) is 22.8. The fourth-order valence-corrected chi connectivity index (χ4v) is 6.86. The van der Waals surface area contributed by atoms with Crippen LogP contribution in [0.25, 0.3) is 0 Å². The summed E-state index contributed by atoms with van der Waals surface area (Å²) < 4.78 is 13.2. The van der Waals surface area contributed by atoms with Crippen LogP contribution in [0, 0.1) is 0 Å². The van der Waals surface area contributed by atoms with Crippen LogP contribution in [0.5, 0.6) is 0 Å². The molecule has 0 aromatic carbocycles. The van der Waals surface area contributed by atoms with Crippen LogP contribution in [-0.2, 0) is 16.5 Å². The number of aromatic nitrogens is 2. The molecule has 0 bridgehead atoms. The number of piperidine rings is 1. The van der Waals surface area contributed by atoms with Crippen LogP contribution < -0.4 is 0 Å². The Balaban J connectivity index is 1.17. The van der Waals surface area contributed by atoms with Gasteiger partial charge in [0, 0.05) is 62.3 Å². The standard InChI is InChI=1S/C32H45N7O2/c1-36-22-24(20-34-36)32-21-33-30-9-8-25(18-31(30)35-32)39(27-16-28(40-2)19-29(17-27)41-3)14-7-11-37-15-10-26(23-37)38-12-5-4-6-13-38/h8,16,18-22,26-27,30H,4-7,9-15,17,23H2,1-3H3. The summed E-state index contributed by atoms with van der Waals surface area (Å²) >= 11 is 0. The first-order valence-electron chi connectivity index (χ1n) is 15.4. The monoisotopic (exact) mass is 559 g/mol. The lowest BCUT2D eigenvalue weighted by Gasteiger charge is -2.37. The number of ether oxygens (including phenoxy) is 2. The highest BCUT2D eigenvalue weighted by molar-refractivity contribution is 6.38. The van der Waals surface area contributed by atoms with Gasteiger partial charge in [-0.3, -0.25) is 14.6 Å². The van der Waals surface area contributed by atoms with E-state index in [1.54, 1.807) is 18.9 Å². The highest BCUT2D eigenvalue weighted by Crippen LogP contribution is 2.32. The quantitative estimate of drug-likeness (QED) is 0.433. The number of methoxy groups -OCH3 is 2. The maximum atomic E-state index is 5.71. The summed E-state index contributed by atoms with van der Waals surface area (Å²) in [5.41, 5.74) is 4.10. The minimum Gasteiger partial charge on any atom is -0.501 e. The third kappa shape index (κ3) is 6.51. The van der Waals surface area contributed by atoms with Gasteiger partial charge in [-0.2, -0.15) is 5.10 Å². The van der Waals surface area contributed by atoms with Crippen molar-refractivity contribution in [2.24, 2.45) is 17.0 Å². The zero-order chi connectivity index (χ0) is 28.2. The van der Waals surface area contributed by atoms with E-state index < -0.39 is 0 Å². The van der Waals surface area contributed by atoms with Crippen molar-refractivity contribution in [2.75, 3.05) is 53.5 Å². The molecule has 1 aromatic heterocycles. The van der Waals surface area contributed by atoms with Crippen LogP contribution in [0.1, 0.15) is 50.5 Å². The Morgan fingerprint density at radius 2 is 1.95 bits per heavy atom. The van der Waals surface area contributed by atoms with Crippen LogP contribution in [0.15, 0.2) is 69.6 Å². The number of rotatable bonds is 10. The van der Waals surface area contributed by atoms with Crippen LogP contribution >= 0.6 is 0 Å². The smallest absolute Gasteiger partial charge is 0.120 e. The van der Waals surface area contributed by atoms with E-state index in [9.17, 15) is 0 Å². The predicted molar refractivity (Wildman–Crippen MR) is 163 cm³/mol. The lowest BCUT2D eigenvalue weighted by molar-refractivity contribution is 0.160. The maximum Gasteiger partial charge on any atom is 0.120 e. The molecule has 2 fully saturated rings. The SMILES string of the molecule is COC1=CC(N(CCCN2CCC(N3CCCCC3)C2)C2=CCC3N=CC(c4cnn(C)c4)=NC3=C2)CC(OC)=C1. The second-order valence-electron chi connectivity index (χ2n) is 11.9. The topological polar surface area (TPSA) is 70.7 Å². The van der Waals surface area contributed by atoms with Crippen LogP contribution in [0.4, 0.5) is 0 Å². The minimum atomic E-state index is 0.0724. The first kappa shape index (κ1) is 28.0. The van der Waals surface area contributed by atoms with Crippen LogP contribution in [0.3, 0.4) is 0 Å². The summed E-state index contributed by atoms with van der Waals surface area (Å²) in [4.78, 5) is 17.8. The molecule has 2 aliphatic carbocycles. The average molecular weight is 560 g/mol. The van der Waals surface area contributed by atoms with Crippen LogP contribution in [-0.4, -0.2) is 108 Å². The number of aliphatic imine (C=N–C) groups is 2. The number of fused-ring (bicyclic) bond motifs is 1. The summed E-state index contributed by atoms with van der Waals surface area (Å²) in [6.45, 7) is 7.09. The van der Waals surface area contributed by atoms with Crippen molar-refractivity contribution < 1.29 is 9.47 Å². The van der Waals surface area contributed by atoms with E-state index in [-0.39, 0.29) is 12.1 Å². The highest BCUT2D eigenvalue weighted by Gasteiger charge is 2.30. The van der Waals surface area contributed by atoms with Gasteiger partial charge in [0.25, 0.3) is 0 Å². The molecule has 4 heterocycles. The van der Waals surface area contributed by atoms with Crippen molar-refractivity contribution in [3.05, 3.63) is 65.2 Å². The molecule has 5 aliphatic rings. The number of hydrogen-bond acceptors (Lipinski definition) is 8. The Bertz CT molecular complexity index is 1270. The zero-order valence-electron chi connectivity index (χ0n) is 24.9. The van der Waals surface area contributed by atoms with Crippen molar-refractivity contribution in [2.45, 2.75) is 63.1 Å². The third-order valence-corrected chi connectivity index (χ3v) is 9.14. The molecule has 0 spiro atoms. The van der Waals surface area contributed by atoms with Gasteiger partial charge in [-0.25, -0.2) is 4.99 Å². The third-order valence-electron chi connectivity index (χ3n) is 9.14. The van der Waals surface area contributed by atoms with Gasteiger partial charge in [0.05, 0.1) is 43.9 Å². The molecule has 6 rings (SSSR count). The maximum absolute atomic E-state index is 5.71. The van der Waals surface area contributed by atoms with Crippen molar-refractivity contribution in [1.82, 2.24) is 24.5 Å². The fourth-order valence-electron chi connectivity index (χ4n) is 6.86. The molecule has 220 valence electrons. The molecule has 0 amide bonds. The van der Waals surface area contributed by atoms with Gasteiger partial charge in [0.1, 0.15) is 11.5 Å². The van der Waals surface area contributed by atoms with E-state index in [0.717, 1.165) is 66.9 Å². The van der Waals surface area contributed by atoms with Crippen molar-refractivity contribution in [3.63, 3.8) is 0 Å². The van der Waals surface area contributed by atoms with Gasteiger partial charge in [0.2, 0.25) is 0 Å². The molecule has 1 aromatic rings. The van der Waals surface area contributed by atoms with Gasteiger partial charge in [0.15, 0.2) is 0 Å². The summed E-state index contributed by atoms with van der Waals surface area (Å²) in [5.74, 6) is 1.80. The Hall–Kier alpha value is -3.17. The molecule has 3 unspecified atom stereocenters. The number of likely N-dealkylation sites (tertiary alicyclic amines) is 2. The Labute approximate surface area is 244 Å². The summed E-state index contributed by atoms with van der Waals surface area (Å²) in [5, 5.41) is 4.32. The number of allylic oxidation sites excluding steroid dienone is 2. The van der Waals surface area contributed by atoms with E-state index in [2.05, 4.69) is 38.0 Å². The molecular weight excluding hydrogens is 514 g/mol. The first-order valence-corrected chi connectivity index (χ1v) is 15.4. The molecule has 2 saturated heterocycles. The van der Waals surface area contributed by atoms with Crippen molar-refractivity contribution in [3.8, 4) is 0 Å². The van der Waals surface area contributed by atoms with Gasteiger partial charge >= 0.3 is 0 Å². The second-order valence-corrected chi connectivity index (χ2v) is 11.9. The van der Waals surface area contributed by atoms with E-state index in [0.29, 0.717) is 0 Å². The fraction of sp³-hybridized carbons (Fsp3) is 0.594. The van der Waals surface area contributed by atoms with Crippen molar-refractivity contribution in [1.29, 1.82) is 0 Å². The highest BCUT2D eigenvalue weighted by atomic mass is 16.5. The molecule has 0 N–H and O–H groups in total. The van der Waals surface area contributed by atoms with E-state index in [1.807, 2.05) is 31.7 Å². The number of hydrogen-bond donors (Lipinski definition) is 0. The molecule has 41 heavy (non-hydrogen) atoms. The van der Waals surface area contributed by atoms with Crippen LogP contribution in [0.2, 0.25) is 0 Å². The van der Waals surface area contributed by atoms with Gasteiger partial charge in [-0.1, -0.05) is 12.5 Å². The molecule has 3 aliphatic heterocycles.